The highest BCUT2D eigenvalue weighted by Gasteiger charge is 2.21. The number of rotatable bonds is 4. The van der Waals surface area contributed by atoms with Gasteiger partial charge in [0.2, 0.25) is 0 Å². The van der Waals surface area contributed by atoms with Crippen molar-refractivity contribution in [3.05, 3.63) is 44.3 Å². The van der Waals surface area contributed by atoms with Gasteiger partial charge in [-0.2, -0.15) is 0 Å². The van der Waals surface area contributed by atoms with Gasteiger partial charge in [0.15, 0.2) is 0 Å². The molecule has 19 heavy (non-hydrogen) atoms. The molecule has 6 heteroatoms. The lowest BCUT2D eigenvalue weighted by Crippen LogP contribution is -2.29. The van der Waals surface area contributed by atoms with Crippen molar-refractivity contribution in [2.45, 2.75) is 18.9 Å². The summed E-state index contributed by atoms with van der Waals surface area (Å²) in [4.78, 5) is 4.32. The fourth-order valence-corrected chi connectivity index (χ4v) is 3.52. The zero-order chi connectivity index (χ0) is 13.2. The average molecular weight is 340 g/mol. The van der Waals surface area contributed by atoms with Crippen LogP contribution in [0.15, 0.2) is 27.5 Å². The van der Waals surface area contributed by atoms with E-state index in [0.29, 0.717) is 0 Å². The highest BCUT2D eigenvalue weighted by molar-refractivity contribution is 9.10. The van der Waals surface area contributed by atoms with E-state index < -0.39 is 0 Å². The number of hydrogen-bond acceptors (Lipinski definition) is 5. The Balaban J connectivity index is 1.90. The maximum Gasteiger partial charge on any atom is 0.125 e. The fraction of sp³-hybridized carbons (Fsp3) is 0.308. The van der Waals surface area contributed by atoms with Crippen molar-refractivity contribution in [3.63, 3.8) is 0 Å². The minimum Gasteiger partial charge on any atom is -0.493 e. The standard InChI is InChI=1S/C13H14BrN3OS/c14-10-3-8-1-2-18-13(8)9(4-10)5-11(17-15)12-6-19-7-16-12/h3-4,6-7,11,17H,1-2,5,15H2. The van der Waals surface area contributed by atoms with E-state index in [1.54, 1.807) is 11.3 Å². The molecule has 0 saturated carbocycles. The van der Waals surface area contributed by atoms with Crippen LogP contribution in [0.2, 0.25) is 0 Å². The van der Waals surface area contributed by atoms with Gasteiger partial charge in [0, 0.05) is 16.3 Å². The molecule has 3 N–H and O–H groups in total. The highest BCUT2D eigenvalue weighted by atomic mass is 79.9. The lowest BCUT2D eigenvalue weighted by Gasteiger charge is -2.16. The molecule has 1 aromatic carbocycles. The van der Waals surface area contributed by atoms with Crippen molar-refractivity contribution in [2.24, 2.45) is 5.84 Å². The number of aromatic nitrogens is 1. The van der Waals surface area contributed by atoms with E-state index >= 15 is 0 Å². The van der Waals surface area contributed by atoms with Gasteiger partial charge >= 0.3 is 0 Å². The van der Waals surface area contributed by atoms with Gasteiger partial charge in [-0.3, -0.25) is 11.3 Å². The number of benzene rings is 1. The lowest BCUT2D eigenvalue weighted by atomic mass is 10.0. The van der Waals surface area contributed by atoms with Gasteiger partial charge in [0.25, 0.3) is 0 Å². The molecule has 0 bridgehead atoms. The summed E-state index contributed by atoms with van der Waals surface area (Å²) >= 11 is 5.13. The van der Waals surface area contributed by atoms with Crippen molar-refractivity contribution in [1.29, 1.82) is 0 Å². The van der Waals surface area contributed by atoms with Crippen LogP contribution in [-0.2, 0) is 12.8 Å². The van der Waals surface area contributed by atoms with Gasteiger partial charge in [0.1, 0.15) is 5.75 Å². The molecule has 1 aromatic heterocycles. The van der Waals surface area contributed by atoms with E-state index in [2.05, 4.69) is 38.5 Å². The first-order chi connectivity index (χ1) is 9.28. The van der Waals surface area contributed by atoms with Gasteiger partial charge < -0.3 is 4.74 Å². The second-order valence-corrected chi connectivity index (χ2v) is 6.12. The van der Waals surface area contributed by atoms with Crippen molar-refractivity contribution < 1.29 is 4.74 Å². The fourth-order valence-electron chi connectivity index (χ4n) is 2.36. The SMILES string of the molecule is NNC(Cc1cc(Br)cc2c1OCC2)c1cscn1. The molecule has 0 amide bonds. The number of thiazole rings is 1. The topological polar surface area (TPSA) is 60.2 Å². The van der Waals surface area contributed by atoms with E-state index in [4.69, 9.17) is 10.6 Å². The van der Waals surface area contributed by atoms with E-state index in [1.165, 1.54) is 5.56 Å². The summed E-state index contributed by atoms with van der Waals surface area (Å²) in [5, 5.41) is 2.02. The molecule has 2 aromatic rings. The molecule has 0 spiro atoms. The number of ether oxygens (including phenoxy) is 1. The molecule has 1 aliphatic rings. The van der Waals surface area contributed by atoms with Gasteiger partial charge in [0.05, 0.1) is 23.9 Å². The summed E-state index contributed by atoms with van der Waals surface area (Å²) in [6, 6.07) is 4.23. The Morgan fingerprint density at radius 2 is 2.42 bits per heavy atom. The first-order valence-electron chi connectivity index (χ1n) is 6.06. The predicted molar refractivity (Wildman–Crippen MR) is 79.2 cm³/mol. The molecule has 100 valence electrons. The third kappa shape index (κ3) is 2.67. The van der Waals surface area contributed by atoms with Crippen LogP contribution in [0.25, 0.3) is 0 Å². The number of hydrazine groups is 1. The zero-order valence-electron chi connectivity index (χ0n) is 10.2. The second kappa shape index (κ2) is 5.58. The Morgan fingerprint density at radius 1 is 1.53 bits per heavy atom. The number of nitrogens with zero attached hydrogens (tertiary/aromatic N) is 1. The van der Waals surface area contributed by atoms with E-state index in [9.17, 15) is 0 Å². The maximum atomic E-state index is 5.74. The van der Waals surface area contributed by atoms with Gasteiger partial charge in [-0.25, -0.2) is 4.98 Å². The van der Waals surface area contributed by atoms with Gasteiger partial charge in [-0.15, -0.1) is 11.3 Å². The van der Waals surface area contributed by atoms with E-state index in [1.807, 2.05) is 10.9 Å². The van der Waals surface area contributed by atoms with Crippen molar-refractivity contribution in [2.75, 3.05) is 6.61 Å². The molecule has 0 fully saturated rings. The monoisotopic (exact) mass is 339 g/mol. The predicted octanol–water partition coefficient (Wildman–Crippen LogP) is 2.59. The number of halogens is 1. The Labute approximate surface area is 124 Å². The Kier molecular flexibility index (Phi) is 3.83. The van der Waals surface area contributed by atoms with E-state index in [-0.39, 0.29) is 6.04 Å². The van der Waals surface area contributed by atoms with Crippen LogP contribution >= 0.6 is 27.3 Å². The summed E-state index contributed by atoms with van der Waals surface area (Å²) in [6.07, 6.45) is 1.74. The molecule has 1 aliphatic heterocycles. The average Bonchev–Trinajstić information content (AvgIpc) is 3.05. The van der Waals surface area contributed by atoms with Crippen LogP contribution < -0.4 is 16.0 Å². The largest absolute Gasteiger partial charge is 0.493 e. The quantitative estimate of drug-likeness (QED) is 0.663. The zero-order valence-corrected chi connectivity index (χ0v) is 12.6. The van der Waals surface area contributed by atoms with Crippen LogP contribution in [0.3, 0.4) is 0 Å². The Hall–Kier alpha value is -0.950. The summed E-state index contributed by atoms with van der Waals surface area (Å²) in [5.41, 5.74) is 8.06. The summed E-state index contributed by atoms with van der Waals surface area (Å²) in [6.45, 7) is 0.760. The lowest BCUT2D eigenvalue weighted by molar-refractivity contribution is 0.351. The van der Waals surface area contributed by atoms with Crippen molar-refractivity contribution in [3.8, 4) is 5.75 Å². The second-order valence-electron chi connectivity index (χ2n) is 4.49. The van der Waals surface area contributed by atoms with Gasteiger partial charge in [-0.05, 0) is 29.7 Å². The van der Waals surface area contributed by atoms with Crippen LogP contribution in [-0.4, -0.2) is 11.6 Å². The first-order valence-corrected chi connectivity index (χ1v) is 7.80. The number of hydrogen-bond donors (Lipinski definition) is 2. The number of nitrogens with two attached hydrogens (primary N) is 1. The Morgan fingerprint density at radius 3 is 3.16 bits per heavy atom. The van der Waals surface area contributed by atoms with Crippen molar-refractivity contribution >= 4 is 27.3 Å². The molecule has 3 rings (SSSR count). The smallest absolute Gasteiger partial charge is 0.125 e. The normalized spacial score (nSPS) is 15.1. The van der Waals surface area contributed by atoms with Gasteiger partial charge in [-0.1, -0.05) is 15.9 Å². The highest BCUT2D eigenvalue weighted by Crippen LogP contribution is 2.35. The summed E-state index contributed by atoms with van der Waals surface area (Å²) in [7, 11) is 0. The van der Waals surface area contributed by atoms with Crippen LogP contribution in [0.1, 0.15) is 22.9 Å². The van der Waals surface area contributed by atoms with Crippen LogP contribution in [0.4, 0.5) is 0 Å². The molecule has 1 unspecified atom stereocenters. The third-order valence-electron chi connectivity index (χ3n) is 3.26. The van der Waals surface area contributed by atoms with Crippen LogP contribution in [0, 0.1) is 0 Å². The minimum absolute atomic E-state index is 0.00819. The summed E-state index contributed by atoms with van der Waals surface area (Å²) < 4.78 is 6.82. The molecular formula is C13H14BrN3OS. The molecule has 0 saturated heterocycles. The van der Waals surface area contributed by atoms with E-state index in [0.717, 1.165) is 40.9 Å². The van der Waals surface area contributed by atoms with Crippen LogP contribution in [0.5, 0.6) is 5.75 Å². The first kappa shape index (κ1) is 13.1. The maximum absolute atomic E-state index is 5.74. The number of fused-ring (bicyclic) bond motifs is 1. The number of nitrogens with one attached hydrogen (secondary N) is 1. The molecule has 4 nitrogen and oxygen atoms in total. The molecule has 1 atom stereocenters. The minimum atomic E-state index is 0.00819. The Bertz CT molecular complexity index is 574. The molecule has 0 radical (unpaired) electrons. The summed E-state index contributed by atoms with van der Waals surface area (Å²) in [5.74, 6) is 6.67. The molecule has 0 aliphatic carbocycles. The molecule has 2 heterocycles. The van der Waals surface area contributed by atoms with Crippen molar-refractivity contribution in [1.82, 2.24) is 10.4 Å². The third-order valence-corrected chi connectivity index (χ3v) is 4.32. The molecular weight excluding hydrogens is 326 g/mol.